The number of fused-ring (bicyclic) bond motifs is 2. The van der Waals surface area contributed by atoms with Crippen molar-refractivity contribution in [2.45, 2.75) is 32.9 Å². The zero-order chi connectivity index (χ0) is 19.0. The summed E-state index contributed by atoms with van der Waals surface area (Å²) in [5.74, 6) is 0.573. The van der Waals surface area contributed by atoms with E-state index in [1.807, 2.05) is 13.8 Å². The minimum Gasteiger partial charge on any atom is -0.489 e. The highest BCUT2D eigenvalue weighted by molar-refractivity contribution is 6.01. The maximum atomic E-state index is 13.7. The van der Waals surface area contributed by atoms with Gasteiger partial charge in [0.25, 0.3) is 5.91 Å². The Kier molecular flexibility index (Phi) is 4.39. The van der Waals surface area contributed by atoms with Crippen molar-refractivity contribution in [3.8, 4) is 5.75 Å². The van der Waals surface area contributed by atoms with Crippen LogP contribution >= 0.6 is 0 Å². The van der Waals surface area contributed by atoms with Crippen molar-refractivity contribution in [3.05, 3.63) is 53.1 Å². The summed E-state index contributed by atoms with van der Waals surface area (Å²) < 4.78 is 21.2. The van der Waals surface area contributed by atoms with Gasteiger partial charge in [-0.3, -0.25) is 4.79 Å². The Hall–Kier alpha value is -3.16. The molecule has 140 valence electrons. The van der Waals surface area contributed by atoms with Gasteiger partial charge in [0.2, 0.25) is 0 Å². The third-order valence-electron chi connectivity index (χ3n) is 4.48. The van der Waals surface area contributed by atoms with Crippen LogP contribution in [0.2, 0.25) is 0 Å². The van der Waals surface area contributed by atoms with Crippen molar-refractivity contribution in [1.29, 1.82) is 0 Å². The van der Waals surface area contributed by atoms with E-state index >= 15 is 0 Å². The molecule has 0 saturated heterocycles. The number of aromatic nitrogens is 3. The van der Waals surface area contributed by atoms with Crippen LogP contribution in [-0.4, -0.2) is 33.2 Å². The lowest BCUT2D eigenvalue weighted by Gasteiger charge is -2.18. The van der Waals surface area contributed by atoms with E-state index in [2.05, 4.69) is 20.7 Å². The van der Waals surface area contributed by atoms with E-state index in [4.69, 9.17) is 4.74 Å². The summed E-state index contributed by atoms with van der Waals surface area (Å²) >= 11 is 0. The number of rotatable bonds is 1. The van der Waals surface area contributed by atoms with E-state index in [9.17, 15) is 9.18 Å². The van der Waals surface area contributed by atoms with E-state index < -0.39 is 0 Å². The molecule has 3 heterocycles. The third-order valence-corrected chi connectivity index (χ3v) is 4.48. The molecule has 0 spiro atoms. The molecule has 1 unspecified atom stereocenters. The lowest BCUT2D eigenvalue weighted by molar-refractivity contribution is 0.0932. The molecule has 4 rings (SSSR count). The second-order valence-electron chi connectivity index (χ2n) is 6.50. The Bertz CT molecular complexity index is 1020. The molecule has 3 aromatic rings. The lowest BCUT2D eigenvalue weighted by Crippen LogP contribution is -2.34. The number of benzene rings is 1. The Balaban J connectivity index is 1.80. The SMILES string of the molecule is CCc1nn2ccc3nc2c1C(=O)NCC(C)Oc1ccc(F)cc1CN3. The van der Waals surface area contributed by atoms with Crippen molar-refractivity contribution in [3.63, 3.8) is 0 Å². The van der Waals surface area contributed by atoms with Gasteiger partial charge in [0.15, 0.2) is 5.65 Å². The number of hydrogen-bond donors (Lipinski definition) is 2. The van der Waals surface area contributed by atoms with Gasteiger partial charge in [0.05, 0.1) is 12.2 Å². The van der Waals surface area contributed by atoms with E-state index in [1.54, 1.807) is 22.8 Å². The average Bonchev–Trinajstić information content (AvgIpc) is 3.03. The molecule has 1 aliphatic heterocycles. The van der Waals surface area contributed by atoms with Gasteiger partial charge in [0, 0.05) is 18.3 Å². The van der Waals surface area contributed by atoms with Crippen LogP contribution in [0.25, 0.3) is 5.65 Å². The predicted octanol–water partition coefficient (Wildman–Crippen LogP) is 2.55. The van der Waals surface area contributed by atoms with E-state index in [-0.39, 0.29) is 17.8 Å². The molecule has 0 aliphatic carbocycles. The number of ether oxygens (including phenoxy) is 1. The van der Waals surface area contributed by atoms with Crippen molar-refractivity contribution in [2.24, 2.45) is 0 Å². The van der Waals surface area contributed by atoms with Crippen molar-refractivity contribution < 1.29 is 13.9 Å². The summed E-state index contributed by atoms with van der Waals surface area (Å²) in [6.07, 6.45) is 2.09. The zero-order valence-corrected chi connectivity index (χ0v) is 15.1. The fourth-order valence-electron chi connectivity index (χ4n) is 3.12. The molecule has 0 radical (unpaired) electrons. The van der Waals surface area contributed by atoms with Gasteiger partial charge in [0.1, 0.15) is 29.1 Å². The van der Waals surface area contributed by atoms with Crippen LogP contribution in [0, 0.1) is 5.82 Å². The molecule has 8 heteroatoms. The van der Waals surface area contributed by atoms with Gasteiger partial charge in [-0.2, -0.15) is 5.10 Å². The summed E-state index contributed by atoms with van der Waals surface area (Å²) in [5.41, 5.74) is 2.32. The minimum atomic E-state index is -0.335. The molecule has 27 heavy (non-hydrogen) atoms. The van der Waals surface area contributed by atoms with Crippen LogP contribution in [0.1, 0.15) is 35.5 Å². The normalized spacial score (nSPS) is 17.1. The monoisotopic (exact) mass is 369 g/mol. The fraction of sp³-hybridized carbons (Fsp3) is 0.316. The standard InChI is InChI=1S/C19H20FN5O2/c1-3-14-17-18-23-16(6-7-25(18)24-14)21-10-12-8-13(20)4-5-15(12)27-11(2)9-22-19(17)26/h4-8,11H,3,9-10H2,1-2H3,(H,21,23)(H,22,26). The summed E-state index contributed by atoms with van der Waals surface area (Å²) in [4.78, 5) is 17.3. The Morgan fingerprint density at radius 3 is 3.00 bits per heavy atom. The van der Waals surface area contributed by atoms with E-state index in [1.165, 1.54) is 12.1 Å². The molecule has 0 saturated carbocycles. The molecule has 1 atom stereocenters. The highest BCUT2D eigenvalue weighted by Gasteiger charge is 2.22. The molecular formula is C19H20FN5O2. The number of carbonyl (C=O) groups is 1. The lowest BCUT2D eigenvalue weighted by atomic mass is 10.2. The topological polar surface area (TPSA) is 80.6 Å². The number of hydrogen-bond acceptors (Lipinski definition) is 5. The van der Waals surface area contributed by atoms with E-state index in [0.717, 1.165) is 0 Å². The maximum absolute atomic E-state index is 13.7. The highest BCUT2D eigenvalue weighted by atomic mass is 19.1. The van der Waals surface area contributed by atoms with Gasteiger partial charge >= 0.3 is 0 Å². The van der Waals surface area contributed by atoms with Crippen LogP contribution in [0.4, 0.5) is 10.2 Å². The first-order valence-corrected chi connectivity index (χ1v) is 8.90. The smallest absolute Gasteiger partial charge is 0.257 e. The maximum Gasteiger partial charge on any atom is 0.257 e. The van der Waals surface area contributed by atoms with Gasteiger partial charge < -0.3 is 15.4 Å². The molecule has 1 aliphatic rings. The molecule has 2 aromatic heterocycles. The predicted molar refractivity (Wildman–Crippen MR) is 98.5 cm³/mol. The van der Waals surface area contributed by atoms with Gasteiger partial charge in [-0.25, -0.2) is 13.9 Å². The minimum absolute atomic E-state index is 0.236. The fourth-order valence-corrected chi connectivity index (χ4v) is 3.12. The first kappa shape index (κ1) is 17.3. The average molecular weight is 369 g/mol. The molecule has 0 fully saturated rings. The number of amides is 1. The number of halogens is 1. The Morgan fingerprint density at radius 1 is 1.33 bits per heavy atom. The summed E-state index contributed by atoms with van der Waals surface area (Å²) in [7, 11) is 0. The molecule has 1 aromatic carbocycles. The van der Waals surface area contributed by atoms with Crippen molar-refractivity contribution in [2.75, 3.05) is 11.9 Å². The quantitative estimate of drug-likeness (QED) is 0.689. The molecule has 2 bridgehead atoms. The zero-order valence-electron chi connectivity index (χ0n) is 15.1. The molecule has 1 amide bonds. The van der Waals surface area contributed by atoms with Crippen molar-refractivity contribution >= 4 is 17.4 Å². The number of nitrogens with zero attached hydrogens (tertiary/aromatic N) is 3. The summed E-state index contributed by atoms with van der Waals surface area (Å²) in [6, 6.07) is 6.16. The van der Waals surface area contributed by atoms with Crippen LogP contribution in [0.15, 0.2) is 30.5 Å². The van der Waals surface area contributed by atoms with Gasteiger partial charge in [-0.1, -0.05) is 6.92 Å². The van der Waals surface area contributed by atoms with Gasteiger partial charge in [-0.05, 0) is 37.6 Å². The highest BCUT2D eigenvalue weighted by Crippen LogP contribution is 2.23. The molecule has 2 N–H and O–H groups in total. The van der Waals surface area contributed by atoms with Crippen LogP contribution in [-0.2, 0) is 13.0 Å². The summed E-state index contributed by atoms with van der Waals surface area (Å²) in [6.45, 7) is 4.45. The Morgan fingerprint density at radius 2 is 2.19 bits per heavy atom. The molecular weight excluding hydrogens is 349 g/mol. The van der Waals surface area contributed by atoms with E-state index in [0.29, 0.717) is 53.5 Å². The number of nitrogens with one attached hydrogen (secondary N) is 2. The number of anilines is 1. The number of carbonyl (C=O) groups excluding carboxylic acids is 1. The van der Waals surface area contributed by atoms with Crippen molar-refractivity contribution in [1.82, 2.24) is 19.9 Å². The first-order chi connectivity index (χ1) is 13.0. The molecule has 7 nitrogen and oxygen atoms in total. The second kappa shape index (κ2) is 6.86. The second-order valence-corrected chi connectivity index (χ2v) is 6.50. The van der Waals surface area contributed by atoms with Crippen LogP contribution < -0.4 is 15.4 Å². The Labute approximate surface area is 155 Å². The van der Waals surface area contributed by atoms with Crippen LogP contribution in [0.3, 0.4) is 0 Å². The number of aryl methyl sites for hydroxylation is 1. The summed E-state index contributed by atoms with van der Waals surface area (Å²) in [5, 5.41) is 10.5. The van der Waals surface area contributed by atoms with Crippen LogP contribution in [0.5, 0.6) is 5.75 Å². The largest absolute Gasteiger partial charge is 0.489 e. The van der Waals surface area contributed by atoms with Gasteiger partial charge in [-0.15, -0.1) is 0 Å². The third kappa shape index (κ3) is 3.30. The first-order valence-electron chi connectivity index (χ1n) is 8.90.